The molecular formula is C15H13FO4. The quantitative estimate of drug-likeness (QED) is 0.872. The first-order valence-electron chi connectivity index (χ1n) is 5.89. The van der Waals surface area contributed by atoms with Crippen LogP contribution in [0.3, 0.4) is 0 Å². The highest BCUT2D eigenvalue weighted by Crippen LogP contribution is 2.28. The SMILES string of the molecule is COC(=O)c1c(O)cccc1OCc1ccc(F)cc1. The van der Waals surface area contributed by atoms with Crippen LogP contribution in [0.25, 0.3) is 0 Å². The van der Waals surface area contributed by atoms with Gasteiger partial charge in [0.15, 0.2) is 0 Å². The zero-order chi connectivity index (χ0) is 14.5. The molecule has 0 aliphatic carbocycles. The molecule has 20 heavy (non-hydrogen) atoms. The van der Waals surface area contributed by atoms with Crippen LogP contribution in [0.5, 0.6) is 11.5 Å². The molecule has 0 aliphatic heterocycles. The summed E-state index contributed by atoms with van der Waals surface area (Å²) in [5.41, 5.74) is 0.711. The summed E-state index contributed by atoms with van der Waals surface area (Å²) in [7, 11) is 1.22. The number of methoxy groups -OCH3 is 1. The van der Waals surface area contributed by atoms with Crippen molar-refractivity contribution in [3.63, 3.8) is 0 Å². The van der Waals surface area contributed by atoms with Crippen LogP contribution in [0, 0.1) is 5.82 Å². The molecule has 1 N–H and O–H groups in total. The number of hydrogen-bond donors (Lipinski definition) is 1. The lowest BCUT2D eigenvalue weighted by atomic mass is 10.1. The van der Waals surface area contributed by atoms with Crippen molar-refractivity contribution >= 4 is 5.97 Å². The van der Waals surface area contributed by atoms with Gasteiger partial charge in [-0.3, -0.25) is 0 Å². The Morgan fingerprint density at radius 2 is 1.90 bits per heavy atom. The van der Waals surface area contributed by atoms with Crippen LogP contribution in [0.2, 0.25) is 0 Å². The van der Waals surface area contributed by atoms with Crippen LogP contribution >= 0.6 is 0 Å². The number of rotatable bonds is 4. The molecule has 0 heterocycles. The number of aromatic hydroxyl groups is 1. The lowest BCUT2D eigenvalue weighted by Crippen LogP contribution is -2.06. The van der Waals surface area contributed by atoms with Crippen molar-refractivity contribution < 1.29 is 23.8 Å². The standard InChI is InChI=1S/C15H13FO4/c1-19-15(18)14-12(17)3-2-4-13(14)20-9-10-5-7-11(16)8-6-10/h2-8,17H,9H2,1H3. The Morgan fingerprint density at radius 1 is 1.20 bits per heavy atom. The minimum absolute atomic E-state index is 0.0305. The summed E-state index contributed by atoms with van der Waals surface area (Å²) in [5.74, 6) is -1.02. The zero-order valence-corrected chi connectivity index (χ0v) is 10.8. The topological polar surface area (TPSA) is 55.8 Å². The molecule has 2 rings (SSSR count). The van der Waals surface area contributed by atoms with Gasteiger partial charge in [-0.15, -0.1) is 0 Å². The minimum atomic E-state index is -0.683. The van der Waals surface area contributed by atoms with Crippen LogP contribution in [0.15, 0.2) is 42.5 Å². The number of ether oxygens (including phenoxy) is 2. The Morgan fingerprint density at radius 3 is 2.55 bits per heavy atom. The van der Waals surface area contributed by atoms with E-state index in [1.54, 1.807) is 24.3 Å². The highest BCUT2D eigenvalue weighted by molar-refractivity contribution is 5.95. The second-order valence-electron chi connectivity index (χ2n) is 4.06. The molecule has 0 unspecified atom stereocenters. The van der Waals surface area contributed by atoms with E-state index < -0.39 is 5.97 Å². The number of carbonyl (C=O) groups excluding carboxylic acids is 1. The molecular weight excluding hydrogens is 263 g/mol. The predicted molar refractivity (Wildman–Crippen MR) is 70.2 cm³/mol. The van der Waals surface area contributed by atoms with Crippen molar-refractivity contribution in [3.05, 3.63) is 59.4 Å². The molecule has 4 nitrogen and oxygen atoms in total. The van der Waals surface area contributed by atoms with Crippen LogP contribution in [0.4, 0.5) is 4.39 Å². The summed E-state index contributed by atoms with van der Waals surface area (Å²) in [6.07, 6.45) is 0. The van der Waals surface area contributed by atoms with E-state index in [9.17, 15) is 14.3 Å². The van der Waals surface area contributed by atoms with Crippen molar-refractivity contribution in [3.8, 4) is 11.5 Å². The molecule has 0 fully saturated rings. The summed E-state index contributed by atoms with van der Waals surface area (Å²) >= 11 is 0. The third-order valence-electron chi connectivity index (χ3n) is 2.70. The van der Waals surface area contributed by atoms with E-state index in [2.05, 4.69) is 4.74 Å². The number of esters is 1. The van der Waals surface area contributed by atoms with Crippen LogP contribution < -0.4 is 4.74 Å². The van der Waals surface area contributed by atoms with Gasteiger partial charge in [-0.25, -0.2) is 9.18 Å². The normalized spacial score (nSPS) is 10.1. The molecule has 5 heteroatoms. The van der Waals surface area contributed by atoms with Crippen molar-refractivity contribution in [1.29, 1.82) is 0 Å². The third-order valence-corrected chi connectivity index (χ3v) is 2.70. The number of carbonyl (C=O) groups is 1. The highest BCUT2D eigenvalue weighted by Gasteiger charge is 2.18. The Labute approximate surface area is 115 Å². The van der Waals surface area contributed by atoms with Gasteiger partial charge in [-0.2, -0.15) is 0 Å². The first-order chi connectivity index (χ1) is 9.61. The average Bonchev–Trinajstić information content (AvgIpc) is 2.46. The fourth-order valence-corrected chi connectivity index (χ4v) is 1.69. The van der Waals surface area contributed by atoms with Crippen molar-refractivity contribution in [2.75, 3.05) is 7.11 Å². The molecule has 0 spiro atoms. The second-order valence-corrected chi connectivity index (χ2v) is 4.06. The lowest BCUT2D eigenvalue weighted by Gasteiger charge is -2.11. The maximum atomic E-state index is 12.8. The predicted octanol–water partition coefficient (Wildman–Crippen LogP) is 2.90. The molecule has 0 amide bonds. The van der Waals surface area contributed by atoms with Crippen LogP contribution in [0.1, 0.15) is 15.9 Å². The fourth-order valence-electron chi connectivity index (χ4n) is 1.69. The van der Waals surface area contributed by atoms with Gasteiger partial charge in [0.2, 0.25) is 0 Å². The Bertz CT molecular complexity index is 608. The van der Waals surface area contributed by atoms with Gasteiger partial charge in [-0.1, -0.05) is 18.2 Å². The van der Waals surface area contributed by atoms with E-state index >= 15 is 0 Å². The van der Waals surface area contributed by atoms with Gasteiger partial charge in [0.1, 0.15) is 29.5 Å². The molecule has 0 aliphatic rings. The molecule has 0 atom stereocenters. The maximum absolute atomic E-state index is 12.8. The Kier molecular flexibility index (Phi) is 4.20. The average molecular weight is 276 g/mol. The van der Waals surface area contributed by atoms with Crippen LogP contribution in [-0.4, -0.2) is 18.2 Å². The molecule has 0 bridgehead atoms. The molecule has 2 aromatic carbocycles. The number of hydrogen-bond acceptors (Lipinski definition) is 4. The third kappa shape index (κ3) is 3.06. The zero-order valence-electron chi connectivity index (χ0n) is 10.8. The summed E-state index contributed by atoms with van der Waals surface area (Å²) in [5, 5.41) is 9.70. The smallest absolute Gasteiger partial charge is 0.345 e. The van der Waals surface area contributed by atoms with Gasteiger partial charge >= 0.3 is 5.97 Å². The van der Waals surface area contributed by atoms with Crippen molar-refractivity contribution in [2.24, 2.45) is 0 Å². The summed E-state index contributed by atoms with van der Waals surface area (Å²) in [4.78, 5) is 11.6. The van der Waals surface area contributed by atoms with E-state index in [0.717, 1.165) is 5.56 Å². The largest absolute Gasteiger partial charge is 0.507 e. The number of benzene rings is 2. The van der Waals surface area contributed by atoms with Gasteiger partial charge in [0.05, 0.1) is 7.11 Å². The van der Waals surface area contributed by atoms with Gasteiger partial charge in [-0.05, 0) is 29.8 Å². The van der Waals surface area contributed by atoms with Gasteiger partial charge < -0.3 is 14.6 Å². The Balaban J connectivity index is 2.19. The molecule has 2 aromatic rings. The molecule has 104 valence electrons. The summed E-state index contributed by atoms with van der Waals surface area (Å²) in [6.45, 7) is 0.147. The van der Waals surface area contributed by atoms with E-state index in [0.29, 0.717) is 0 Å². The number of halogens is 1. The van der Waals surface area contributed by atoms with E-state index in [1.807, 2.05) is 0 Å². The number of phenolic OH excluding ortho intramolecular Hbond substituents is 1. The molecule has 0 saturated heterocycles. The van der Waals surface area contributed by atoms with Gasteiger partial charge in [0, 0.05) is 0 Å². The maximum Gasteiger partial charge on any atom is 0.345 e. The van der Waals surface area contributed by atoms with Gasteiger partial charge in [0.25, 0.3) is 0 Å². The second kappa shape index (κ2) is 6.06. The lowest BCUT2D eigenvalue weighted by molar-refractivity contribution is 0.0592. The summed E-state index contributed by atoms with van der Waals surface area (Å²) < 4.78 is 22.9. The van der Waals surface area contributed by atoms with E-state index in [4.69, 9.17) is 4.74 Å². The Hall–Kier alpha value is -2.56. The minimum Gasteiger partial charge on any atom is -0.507 e. The summed E-state index contributed by atoms with van der Waals surface area (Å²) in [6, 6.07) is 10.3. The van der Waals surface area contributed by atoms with Crippen LogP contribution in [-0.2, 0) is 11.3 Å². The van der Waals surface area contributed by atoms with E-state index in [-0.39, 0.29) is 29.5 Å². The molecule has 0 saturated carbocycles. The first kappa shape index (κ1) is 13.9. The monoisotopic (exact) mass is 276 g/mol. The van der Waals surface area contributed by atoms with Crippen molar-refractivity contribution in [1.82, 2.24) is 0 Å². The van der Waals surface area contributed by atoms with Crippen molar-refractivity contribution in [2.45, 2.75) is 6.61 Å². The van der Waals surface area contributed by atoms with E-state index in [1.165, 1.54) is 25.3 Å². The fraction of sp³-hybridized carbons (Fsp3) is 0.133. The molecule has 0 aromatic heterocycles. The number of phenols is 1. The highest BCUT2D eigenvalue weighted by atomic mass is 19.1. The molecule has 0 radical (unpaired) electrons. The first-order valence-corrected chi connectivity index (χ1v) is 5.89.